The summed E-state index contributed by atoms with van der Waals surface area (Å²) in [6.07, 6.45) is 4.72. The zero-order valence-electron chi connectivity index (χ0n) is 15.6. The highest BCUT2D eigenvalue weighted by Gasteiger charge is 2.14. The van der Waals surface area contributed by atoms with Gasteiger partial charge in [0.1, 0.15) is 22.7 Å². The van der Waals surface area contributed by atoms with Crippen molar-refractivity contribution in [3.63, 3.8) is 0 Å². The molecule has 1 aromatic carbocycles. The van der Waals surface area contributed by atoms with E-state index >= 15 is 0 Å². The fourth-order valence-electron chi connectivity index (χ4n) is 2.83. The molecule has 0 aliphatic heterocycles. The van der Waals surface area contributed by atoms with Crippen molar-refractivity contribution in [1.29, 1.82) is 0 Å². The Morgan fingerprint density at radius 1 is 1.10 bits per heavy atom. The Balaban J connectivity index is 1.41. The summed E-state index contributed by atoms with van der Waals surface area (Å²) < 4.78 is 24.6. The number of carbonyl (C=O) groups is 1. The van der Waals surface area contributed by atoms with E-state index in [1.165, 1.54) is 48.3 Å². The van der Waals surface area contributed by atoms with E-state index in [4.69, 9.17) is 14.6 Å². The van der Waals surface area contributed by atoms with Crippen molar-refractivity contribution in [2.24, 2.45) is 0 Å². The van der Waals surface area contributed by atoms with Gasteiger partial charge in [0.15, 0.2) is 0 Å². The van der Waals surface area contributed by atoms with Crippen molar-refractivity contribution in [3.8, 4) is 22.8 Å². The van der Waals surface area contributed by atoms with Gasteiger partial charge in [-0.3, -0.25) is 4.98 Å². The topological polar surface area (TPSA) is 94.4 Å². The Kier molecular flexibility index (Phi) is 5.80. The lowest BCUT2D eigenvalue weighted by Crippen LogP contribution is -2.07. The number of thiophene rings is 1. The molecule has 0 aliphatic rings. The molecule has 3 aromatic heterocycles. The van der Waals surface area contributed by atoms with Gasteiger partial charge in [0.25, 0.3) is 0 Å². The number of rotatable bonds is 8. The molecule has 30 heavy (non-hydrogen) atoms. The van der Waals surface area contributed by atoms with Gasteiger partial charge < -0.3 is 14.6 Å². The summed E-state index contributed by atoms with van der Waals surface area (Å²) in [6, 6.07) is 7.66. The number of fused-ring (bicyclic) bond motifs is 1. The molecule has 0 amide bonds. The number of halogens is 1. The molecule has 0 unspecified atom stereocenters. The molecule has 4 rings (SSSR count). The molecule has 3 heterocycles. The van der Waals surface area contributed by atoms with Crippen LogP contribution in [-0.2, 0) is 0 Å². The number of carboxylic acids is 1. The van der Waals surface area contributed by atoms with E-state index in [1.54, 1.807) is 12.1 Å². The average molecular weight is 425 g/mol. The SMILES string of the molecule is O=C(O)c1cncc(OCCCOc2ncnc3scc(-c4ccc(F)cc4)c23)c1. The highest BCUT2D eigenvalue weighted by molar-refractivity contribution is 7.17. The molecule has 0 aliphatic carbocycles. The van der Waals surface area contributed by atoms with Crippen LogP contribution in [0, 0.1) is 5.82 Å². The summed E-state index contributed by atoms with van der Waals surface area (Å²) in [5.74, 6) is -0.516. The van der Waals surface area contributed by atoms with Crippen molar-refractivity contribution in [3.05, 3.63) is 65.8 Å². The Morgan fingerprint density at radius 3 is 2.70 bits per heavy atom. The number of carboxylic acid groups (broad SMARTS) is 1. The molecule has 9 heteroatoms. The lowest BCUT2D eigenvalue weighted by molar-refractivity contribution is 0.0695. The molecular weight excluding hydrogens is 409 g/mol. The van der Waals surface area contributed by atoms with E-state index in [2.05, 4.69) is 15.0 Å². The highest BCUT2D eigenvalue weighted by atomic mass is 32.1. The number of hydrogen-bond acceptors (Lipinski definition) is 7. The predicted octanol–water partition coefficient (Wildman–Crippen LogP) is 4.44. The molecule has 152 valence electrons. The maximum absolute atomic E-state index is 13.3. The lowest BCUT2D eigenvalue weighted by Gasteiger charge is -2.09. The van der Waals surface area contributed by atoms with Gasteiger partial charge in [0.2, 0.25) is 5.88 Å². The summed E-state index contributed by atoms with van der Waals surface area (Å²) in [7, 11) is 0. The molecule has 0 fully saturated rings. The third kappa shape index (κ3) is 4.36. The smallest absolute Gasteiger partial charge is 0.337 e. The third-order valence-corrected chi connectivity index (χ3v) is 5.13. The van der Waals surface area contributed by atoms with Gasteiger partial charge in [-0.1, -0.05) is 12.1 Å². The Bertz CT molecular complexity index is 1180. The molecule has 0 saturated heterocycles. The summed E-state index contributed by atoms with van der Waals surface area (Å²) in [4.78, 5) is 24.1. The van der Waals surface area contributed by atoms with Crippen molar-refractivity contribution in [2.45, 2.75) is 6.42 Å². The maximum Gasteiger partial charge on any atom is 0.337 e. The van der Waals surface area contributed by atoms with Crippen LogP contribution in [-0.4, -0.2) is 39.2 Å². The largest absolute Gasteiger partial charge is 0.492 e. The van der Waals surface area contributed by atoms with Crippen LogP contribution in [0.4, 0.5) is 4.39 Å². The van der Waals surface area contributed by atoms with Gasteiger partial charge in [0, 0.05) is 23.6 Å². The number of hydrogen-bond donors (Lipinski definition) is 1. The maximum atomic E-state index is 13.3. The summed E-state index contributed by atoms with van der Waals surface area (Å²) in [5, 5.41) is 11.7. The molecule has 0 saturated carbocycles. The number of benzene rings is 1. The second kappa shape index (κ2) is 8.83. The Morgan fingerprint density at radius 2 is 1.90 bits per heavy atom. The van der Waals surface area contributed by atoms with Crippen molar-refractivity contribution in [2.75, 3.05) is 13.2 Å². The Hall–Kier alpha value is -3.59. The third-order valence-electron chi connectivity index (χ3n) is 4.25. The second-order valence-electron chi connectivity index (χ2n) is 6.28. The van der Waals surface area contributed by atoms with E-state index in [9.17, 15) is 9.18 Å². The molecular formula is C21H16FN3O4S. The minimum absolute atomic E-state index is 0.0675. The second-order valence-corrected chi connectivity index (χ2v) is 7.14. The normalized spacial score (nSPS) is 10.8. The van der Waals surface area contributed by atoms with E-state index in [0.717, 1.165) is 21.3 Å². The number of aromatic nitrogens is 3. The van der Waals surface area contributed by atoms with Crippen molar-refractivity contribution >= 4 is 27.5 Å². The first-order valence-corrected chi connectivity index (χ1v) is 9.92. The molecule has 0 radical (unpaired) electrons. The van der Waals surface area contributed by atoms with E-state index in [0.29, 0.717) is 31.3 Å². The summed E-state index contributed by atoms with van der Waals surface area (Å²) >= 11 is 1.47. The highest BCUT2D eigenvalue weighted by Crippen LogP contribution is 2.37. The van der Waals surface area contributed by atoms with Gasteiger partial charge in [-0.25, -0.2) is 19.2 Å². The van der Waals surface area contributed by atoms with Crippen LogP contribution in [0.3, 0.4) is 0 Å². The first-order valence-electron chi connectivity index (χ1n) is 9.04. The Labute approximate surface area is 174 Å². The molecule has 0 spiro atoms. The average Bonchev–Trinajstić information content (AvgIpc) is 3.19. The van der Waals surface area contributed by atoms with Gasteiger partial charge >= 0.3 is 5.97 Å². The number of pyridine rings is 1. The number of aromatic carboxylic acids is 1. The molecule has 0 bridgehead atoms. The first kappa shape index (κ1) is 19.7. The minimum atomic E-state index is -1.06. The van der Waals surface area contributed by atoms with E-state index in [-0.39, 0.29) is 11.4 Å². The van der Waals surface area contributed by atoms with Crippen LogP contribution in [0.2, 0.25) is 0 Å². The number of nitrogens with zero attached hydrogens (tertiary/aromatic N) is 3. The zero-order valence-corrected chi connectivity index (χ0v) is 16.4. The molecule has 4 aromatic rings. The van der Waals surface area contributed by atoms with E-state index < -0.39 is 5.97 Å². The van der Waals surface area contributed by atoms with Crippen LogP contribution in [0.1, 0.15) is 16.8 Å². The lowest BCUT2D eigenvalue weighted by atomic mass is 10.1. The van der Waals surface area contributed by atoms with Crippen LogP contribution in [0.25, 0.3) is 21.3 Å². The van der Waals surface area contributed by atoms with E-state index in [1.807, 2.05) is 5.38 Å². The minimum Gasteiger partial charge on any atom is -0.492 e. The fraction of sp³-hybridized carbons (Fsp3) is 0.143. The number of ether oxygens (including phenoxy) is 2. The van der Waals surface area contributed by atoms with Crippen LogP contribution in [0.15, 0.2) is 54.4 Å². The zero-order chi connectivity index (χ0) is 20.9. The van der Waals surface area contributed by atoms with Gasteiger partial charge in [-0.2, -0.15) is 0 Å². The molecule has 7 nitrogen and oxygen atoms in total. The van der Waals surface area contributed by atoms with Crippen LogP contribution >= 0.6 is 11.3 Å². The van der Waals surface area contributed by atoms with Gasteiger partial charge in [-0.15, -0.1) is 11.3 Å². The molecule has 1 N–H and O–H groups in total. The fourth-order valence-corrected chi connectivity index (χ4v) is 3.74. The monoisotopic (exact) mass is 425 g/mol. The predicted molar refractivity (Wildman–Crippen MR) is 110 cm³/mol. The van der Waals surface area contributed by atoms with Gasteiger partial charge in [-0.05, 0) is 23.8 Å². The quantitative estimate of drug-likeness (QED) is 0.417. The van der Waals surface area contributed by atoms with Gasteiger partial charge in [0.05, 0.1) is 30.4 Å². The summed E-state index contributed by atoms with van der Waals surface area (Å²) in [5.41, 5.74) is 1.81. The summed E-state index contributed by atoms with van der Waals surface area (Å²) in [6.45, 7) is 0.671. The van der Waals surface area contributed by atoms with Crippen molar-refractivity contribution < 1.29 is 23.8 Å². The first-order chi connectivity index (χ1) is 14.6. The van der Waals surface area contributed by atoms with Crippen molar-refractivity contribution in [1.82, 2.24) is 15.0 Å². The standard InChI is InChI=1S/C21H16FN3O4S/c22-15-4-2-13(3-5-15)17-11-30-20-18(17)19(24-12-25-20)29-7-1-6-28-16-8-14(21(26)27)9-23-10-16/h2-5,8-12H,1,6-7H2,(H,26,27). The molecule has 0 atom stereocenters. The van der Waals surface area contributed by atoms with Crippen LogP contribution in [0.5, 0.6) is 11.6 Å². The van der Waals surface area contributed by atoms with Crippen LogP contribution < -0.4 is 9.47 Å².